The van der Waals surface area contributed by atoms with E-state index in [1.165, 1.54) is 4.88 Å². The van der Waals surface area contributed by atoms with E-state index in [2.05, 4.69) is 14.8 Å². The molecule has 0 bridgehead atoms. The highest BCUT2D eigenvalue weighted by Crippen LogP contribution is 2.24. The van der Waals surface area contributed by atoms with Crippen LogP contribution in [0, 0.1) is 0 Å². The summed E-state index contributed by atoms with van der Waals surface area (Å²) in [6, 6.07) is 0.470. The van der Waals surface area contributed by atoms with Gasteiger partial charge in [-0.2, -0.15) is 0 Å². The molecule has 112 valence electrons. The first-order valence-electron chi connectivity index (χ1n) is 6.94. The van der Waals surface area contributed by atoms with Gasteiger partial charge in [0.2, 0.25) is 5.91 Å². The highest BCUT2D eigenvalue weighted by atomic mass is 35.5. The summed E-state index contributed by atoms with van der Waals surface area (Å²) < 4.78 is 0. The molecule has 0 atom stereocenters. The Labute approximate surface area is 129 Å². The Kier molecular flexibility index (Phi) is 5.23. The molecule has 1 aromatic rings. The standard InChI is InChI=1S/C13H20N4OS.ClH/c14-13-15-8-11(19-13)9-16-6-3-10(4-7-16)17-5-1-2-12(17)18;/h8,10H,1-7,9H2,(H2,14,15);1H. The normalized spacial score (nSPS) is 21.2. The van der Waals surface area contributed by atoms with E-state index >= 15 is 0 Å². The number of amides is 1. The number of rotatable bonds is 3. The SMILES string of the molecule is Cl.Nc1ncc(CN2CCC(N3CCCC3=O)CC2)s1. The van der Waals surface area contributed by atoms with E-state index < -0.39 is 0 Å². The number of likely N-dealkylation sites (tertiary alicyclic amines) is 2. The Morgan fingerprint density at radius 3 is 2.65 bits per heavy atom. The maximum atomic E-state index is 11.7. The van der Waals surface area contributed by atoms with Gasteiger partial charge in [0.25, 0.3) is 0 Å². The number of halogens is 1. The van der Waals surface area contributed by atoms with Crippen LogP contribution in [0.15, 0.2) is 6.20 Å². The highest BCUT2D eigenvalue weighted by Gasteiger charge is 2.30. The fourth-order valence-corrected chi connectivity index (χ4v) is 3.79. The predicted molar refractivity (Wildman–Crippen MR) is 83.0 cm³/mol. The van der Waals surface area contributed by atoms with Crippen molar-refractivity contribution in [2.24, 2.45) is 0 Å². The molecule has 0 unspecified atom stereocenters. The maximum Gasteiger partial charge on any atom is 0.222 e. The Morgan fingerprint density at radius 2 is 2.10 bits per heavy atom. The lowest BCUT2D eigenvalue weighted by Crippen LogP contribution is -2.45. The van der Waals surface area contributed by atoms with Gasteiger partial charge in [-0.05, 0) is 19.3 Å². The van der Waals surface area contributed by atoms with Crippen molar-refractivity contribution < 1.29 is 4.79 Å². The molecule has 2 aliphatic heterocycles. The minimum atomic E-state index is 0. The van der Waals surface area contributed by atoms with Crippen LogP contribution in [-0.4, -0.2) is 46.4 Å². The van der Waals surface area contributed by atoms with E-state index in [1.54, 1.807) is 11.3 Å². The number of hydrogen-bond donors (Lipinski definition) is 1. The van der Waals surface area contributed by atoms with Crippen LogP contribution in [0.5, 0.6) is 0 Å². The summed E-state index contributed by atoms with van der Waals surface area (Å²) >= 11 is 1.57. The topological polar surface area (TPSA) is 62.5 Å². The van der Waals surface area contributed by atoms with Gasteiger partial charge in [0.05, 0.1) is 0 Å². The minimum absolute atomic E-state index is 0. The Morgan fingerprint density at radius 1 is 1.35 bits per heavy atom. The fraction of sp³-hybridized carbons (Fsp3) is 0.692. The van der Waals surface area contributed by atoms with Crippen LogP contribution in [0.4, 0.5) is 5.13 Å². The number of thiazole rings is 1. The summed E-state index contributed by atoms with van der Waals surface area (Å²) in [4.78, 5) is 21.6. The van der Waals surface area contributed by atoms with Gasteiger partial charge in [0, 0.05) is 49.7 Å². The molecule has 2 saturated heterocycles. The Balaban J connectivity index is 0.00000147. The third-order valence-electron chi connectivity index (χ3n) is 4.06. The zero-order valence-corrected chi connectivity index (χ0v) is 13.1. The van der Waals surface area contributed by atoms with Gasteiger partial charge in [-0.1, -0.05) is 0 Å². The molecule has 1 amide bonds. The fourth-order valence-electron chi connectivity index (χ4n) is 3.06. The van der Waals surface area contributed by atoms with Crippen LogP contribution in [0.2, 0.25) is 0 Å². The number of carbonyl (C=O) groups is 1. The smallest absolute Gasteiger partial charge is 0.222 e. The van der Waals surface area contributed by atoms with Crippen LogP contribution >= 0.6 is 23.7 Å². The largest absolute Gasteiger partial charge is 0.375 e. The molecule has 1 aromatic heterocycles. The molecular formula is C13H21ClN4OS. The molecule has 0 aliphatic carbocycles. The third-order valence-corrected chi connectivity index (χ3v) is 4.87. The number of aromatic nitrogens is 1. The van der Waals surface area contributed by atoms with Gasteiger partial charge in [-0.25, -0.2) is 4.98 Å². The molecule has 2 N–H and O–H groups in total. The van der Waals surface area contributed by atoms with Gasteiger partial charge in [-0.15, -0.1) is 23.7 Å². The van der Waals surface area contributed by atoms with E-state index in [9.17, 15) is 4.79 Å². The van der Waals surface area contributed by atoms with Crippen molar-refractivity contribution in [1.29, 1.82) is 0 Å². The van der Waals surface area contributed by atoms with Crippen molar-refractivity contribution in [2.75, 3.05) is 25.4 Å². The summed E-state index contributed by atoms with van der Waals surface area (Å²) in [6.07, 6.45) is 5.86. The van der Waals surface area contributed by atoms with Crippen LogP contribution < -0.4 is 5.73 Å². The first-order valence-corrected chi connectivity index (χ1v) is 7.76. The van der Waals surface area contributed by atoms with Gasteiger partial charge in [-0.3, -0.25) is 9.69 Å². The van der Waals surface area contributed by atoms with Crippen molar-refractivity contribution in [3.63, 3.8) is 0 Å². The number of nitrogens with zero attached hydrogens (tertiary/aromatic N) is 3. The summed E-state index contributed by atoms with van der Waals surface area (Å²) in [5, 5.41) is 0.646. The van der Waals surface area contributed by atoms with Crippen molar-refractivity contribution >= 4 is 34.8 Å². The minimum Gasteiger partial charge on any atom is -0.375 e. The second-order valence-corrected chi connectivity index (χ2v) is 6.51. The average Bonchev–Trinajstić information content (AvgIpc) is 3.00. The van der Waals surface area contributed by atoms with E-state index in [1.807, 2.05) is 6.20 Å². The summed E-state index contributed by atoms with van der Waals surface area (Å²) in [6.45, 7) is 4.03. The second kappa shape index (κ2) is 6.74. The molecule has 0 spiro atoms. The monoisotopic (exact) mass is 316 g/mol. The molecule has 3 rings (SSSR count). The summed E-state index contributed by atoms with van der Waals surface area (Å²) in [7, 11) is 0. The van der Waals surface area contributed by atoms with Crippen LogP contribution in [0.1, 0.15) is 30.6 Å². The maximum absolute atomic E-state index is 11.7. The van der Waals surface area contributed by atoms with Gasteiger partial charge in [0.1, 0.15) is 0 Å². The number of piperidine rings is 1. The van der Waals surface area contributed by atoms with Crippen molar-refractivity contribution in [3.8, 4) is 0 Å². The lowest BCUT2D eigenvalue weighted by molar-refractivity contribution is -0.130. The van der Waals surface area contributed by atoms with Crippen molar-refractivity contribution in [2.45, 2.75) is 38.3 Å². The first-order chi connectivity index (χ1) is 9.22. The number of carbonyl (C=O) groups excluding carboxylic acids is 1. The molecule has 0 aromatic carbocycles. The summed E-state index contributed by atoms with van der Waals surface area (Å²) in [5.74, 6) is 0.355. The van der Waals surface area contributed by atoms with E-state index in [-0.39, 0.29) is 12.4 Å². The van der Waals surface area contributed by atoms with Crippen LogP contribution in [0.25, 0.3) is 0 Å². The number of anilines is 1. The molecule has 0 radical (unpaired) electrons. The lowest BCUT2D eigenvalue weighted by Gasteiger charge is -2.36. The van der Waals surface area contributed by atoms with Crippen molar-refractivity contribution in [1.82, 2.24) is 14.8 Å². The van der Waals surface area contributed by atoms with E-state index in [0.29, 0.717) is 17.1 Å². The van der Waals surface area contributed by atoms with Gasteiger partial charge < -0.3 is 10.6 Å². The molecule has 3 heterocycles. The molecule has 5 nitrogen and oxygen atoms in total. The van der Waals surface area contributed by atoms with Crippen molar-refractivity contribution in [3.05, 3.63) is 11.1 Å². The summed E-state index contributed by atoms with van der Waals surface area (Å²) in [5.41, 5.74) is 5.65. The predicted octanol–water partition coefficient (Wildman–Crippen LogP) is 1.73. The molecule has 7 heteroatoms. The van der Waals surface area contributed by atoms with Crippen LogP contribution in [-0.2, 0) is 11.3 Å². The highest BCUT2D eigenvalue weighted by molar-refractivity contribution is 7.15. The molecular weight excluding hydrogens is 296 g/mol. The zero-order chi connectivity index (χ0) is 13.2. The zero-order valence-electron chi connectivity index (χ0n) is 11.5. The van der Waals surface area contributed by atoms with Gasteiger partial charge >= 0.3 is 0 Å². The Hall–Kier alpha value is -0.850. The second-order valence-electron chi connectivity index (χ2n) is 5.36. The third kappa shape index (κ3) is 3.42. The van der Waals surface area contributed by atoms with Gasteiger partial charge in [0.15, 0.2) is 5.13 Å². The molecule has 2 aliphatic rings. The van der Waals surface area contributed by atoms with E-state index in [0.717, 1.165) is 51.9 Å². The van der Waals surface area contributed by atoms with E-state index in [4.69, 9.17) is 5.73 Å². The number of nitrogen functional groups attached to an aromatic ring is 1. The number of hydrogen-bond acceptors (Lipinski definition) is 5. The quantitative estimate of drug-likeness (QED) is 0.922. The molecule has 0 saturated carbocycles. The molecule has 2 fully saturated rings. The number of nitrogens with two attached hydrogens (primary N) is 1. The lowest BCUT2D eigenvalue weighted by atomic mass is 10.0. The molecule has 20 heavy (non-hydrogen) atoms. The Bertz CT molecular complexity index is 459. The average molecular weight is 317 g/mol. The first kappa shape index (κ1) is 15.5. The van der Waals surface area contributed by atoms with Crippen LogP contribution in [0.3, 0.4) is 0 Å².